The number of nitrogen functional groups attached to an aromatic ring is 1. The van der Waals surface area contributed by atoms with Gasteiger partial charge in [0.15, 0.2) is 0 Å². The summed E-state index contributed by atoms with van der Waals surface area (Å²) in [5.41, 5.74) is 8.54. The maximum Gasteiger partial charge on any atom is 0.127 e. The Kier molecular flexibility index (Phi) is 5.02. The predicted octanol–water partition coefficient (Wildman–Crippen LogP) is 3.39. The van der Waals surface area contributed by atoms with Gasteiger partial charge in [-0.05, 0) is 5.56 Å². The molecule has 0 spiro atoms. The van der Waals surface area contributed by atoms with Crippen LogP contribution in [-0.4, -0.2) is 23.3 Å². The first-order chi connectivity index (χ1) is 10.0. The van der Waals surface area contributed by atoms with Crippen molar-refractivity contribution in [2.75, 3.05) is 19.5 Å². The van der Waals surface area contributed by atoms with E-state index in [1.54, 1.807) is 7.11 Å². The molecule has 0 amide bonds. The number of nitrogens with two attached hydrogens (primary N) is 1. The van der Waals surface area contributed by atoms with E-state index in [0.717, 1.165) is 23.9 Å². The molecule has 0 bridgehead atoms. The third-order valence-corrected chi connectivity index (χ3v) is 3.65. The van der Waals surface area contributed by atoms with Crippen molar-refractivity contribution >= 4 is 5.82 Å². The van der Waals surface area contributed by atoms with Gasteiger partial charge in [0.25, 0.3) is 0 Å². The minimum atomic E-state index is 0.199. The lowest BCUT2D eigenvalue weighted by molar-refractivity contribution is 0.183. The molecule has 0 saturated heterocycles. The molecule has 1 unspecified atom stereocenters. The Balaban J connectivity index is 2.38. The predicted molar refractivity (Wildman–Crippen MR) is 86.6 cm³/mol. The van der Waals surface area contributed by atoms with E-state index in [1.165, 1.54) is 5.56 Å². The number of imidazole rings is 1. The fraction of sp³-hybridized carbons (Fsp3) is 0.471. The van der Waals surface area contributed by atoms with Crippen molar-refractivity contribution in [3.63, 3.8) is 0 Å². The Morgan fingerprint density at radius 1 is 1.19 bits per heavy atom. The third-order valence-electron chi connectivity index (χ3n) is 3.65. The zero-order valence-corrected chi connectivity index (χ0v) is 13.3. The fourth-order valence-electron chi connectivity index (χ4n) is 2.57. The molecule has 0 fully saturated rings. The molecular formula is C17H25N3O. The molecule has 1 atom stereocenters. The van der Waals surface area contributed by atoms with Crippen LogP contribution in [0.4, 0.5) is 5.82 Å². The molecule has 0 aliphatic rings. The van der Waals surface area contributed by atoms with Crippen molar-refractivity contribution in [3.05, 3.63) is 47.4 Å². The zero-order chi connectivity index (χ0) is 15.4. The summed E-state index contributed by atoms with van der Waals surface area (Å²) in [6, 6.07) is 10.3. The highest BCUT2D eigenvalue weighted by molar-refractivity contribution is 5.42. The van der Waals surface area contributed by atoms with Crippen LogP contribution < -0.4 is 5.73 Å². The second kappa shape index (κ2) is 6.76. The van der Waals surface area contributed by atoms with E-state index in [1.807, 2.05) is 18.2 Å². The van der Waals surface area contributed by atoms with Gasteiger partial charge in [-0.1, -0.05) is 51.1 Å². The molecule has 4 nitrogen and oxygen atoms in total. The molecule has 1 heterocycles. The number of benzene rings is 1. The van der Waals surface area contributed by atoms with E-state index in [9.17, 15) is 0 Å². The molecule has 21 heavy (non-hydrogen) atoms. The standard InChI is InChI=1S/C17H25N3O/c1-12(2)17-19-15(13(3)11-21-4)16(18)20(17)10-14-8-6-5-7-9-14/h5-9,12-13H,10-11,18H2,1-4H3. The van der Waals surface area contributed by atoms with Crippen LogP contribution >= 0.6 is 0 Å². The average molecular weight is 287 g/mol. The maximum atomic E-state index is 6.37. The lowest BCUT2D eigenvalue weighted by atomic mass is 10.1. The van der Waals surface area contributed by atoms with E-state index >= 15 is 0 Å². The number of ether oxygens (including phenoxy) is 1. The maximum absolute atomic E-state index is 6.37. The highest BCUT2D eigenvalue weighted by atomic mass is 16.5. The van der Waals surface area contributed by atoms with Gasteiger partial charge < -0.3 is 15.0 Å². The summed E-state index contributed by atoms with van der Waals surface area (Å²) in [7, 11) is 1.71. The summed E-state index contributed by atoms with van der Waals surface area (Å²) in [4.78, 5) is 4.78. The summed E-state index contributed by atoms with van der Waals surface area (Å²) in [6.45, 7) is 7.78. The topological polar surface area (TPSA) is 53.1 Å². The summed E-state index contributed by atoms with van der Waals surface area (Å²) in [6.07, 6.45) is 0. The second-order valence-corrected chi connectivity index (χ2v) is 5.82. The summed E-state index contributed by atoms with van der Waals surface area (Å²) in [5.74, 6) is 2.32. The molecule has 0 aliphatic carbocycles. The Bertz CT molecular complexity index is 575. The molecule has 0 radical (unpaired) electrons. The van der Waals surface area contributed by atoms with Crippen molar-refractivity contribution in [2.24, 2.45) is 0 Å². The lowest BCUT2D eigenvalue weighted by Crippen LogP contribution is -2.10. The van der Waals surface area contributed by atoms with Crippen LogP contribution in [0.25, 0.3) is 0 Å². The molecule has 1 aromatic carbocycles. The monoisotopic (exact) mass is 287 g/mol. The number of nitrogens with zero attached hydrogens (tertiary/aromatic N) is 2. The van der Waals surface area contributed by atoms with Crippen LogP contribution in [0.5, 0.6) is 0 Å². The molecule has 2 rings (SSSR count). The van der Waals surface area contributed by atoms with Gasteiger partial charge in [0.1, 0.15) is 11.6 Å². The number of aromatic nitrogens is 2. The first kappa shape index (κ1) is 15.6. The molecule has 0 saturated carbocycles. The molecule has 4 heteroatoms. The Morgan fingerprint density at radius 3 is 2.43 bits per heavy atom. The highest BCUT2D eigenvalue weighted by Gasteiger charge is 2.21. The van der Waals surface area contributed by atoms with Gasteiger partial charge in [-0.3, -0.25) is 0 Å². The van der Waals surface area contributed by atoms with Gasteiger partial charge in [0, 0.05) is 18.9 Å². The van der Waals surface area contributed by atoms with Crippen molar-refractivity contribution in [1.82, 2.24) is 9.55 Å². The van der Waals surface area contributed by atoms with Crippen LogP contribution in [0.3, 0.4) is 0 Å². The van der Waals surface area contributed by atoms with Gasteiger partial charge in [0.05, 0.1) is 18.8 Å². The van der Waals surface area contributed by atoms with Gasteiger partial charge in [-0.25, -0.2) is 4.98 Å². The van der Waals surface area contributed by atoms with Crippen molar-refractivity contribution in [1.29, 1.82) is 0 Å². The normalized spacial score (nSPS) is 12.8. The van der Waals surface area contributed by atoms with Crippen molar-refractivity contribution in [2.45, 2.75) is 39.2 Å². The number of anilines is 1. The SMILES string of the molecule is COCC(C)c1nc(C(C)C)n(Cc2ccccc2)c1N. The van der Waals surface area contributed by atoms with E-state index in [-0.39, 0.29) is 5.92 Å². The van der Waals surface area contributed by atoms with Crippen LogP contribution in [0, 0.1) is 0 Å². The van der Waals surface area contributed by atoms with E-state index in [0.29, 0.717) is 12.5 Å². The minimum absolute atomic E-state index is 0.199. The van der Waals surface area contributed by atoms with Gasteiger partial charge in [-0.15, -0.1) is 0 Å². The molecule has 2 N–H and O–H groups in total. The van der Waals surface area contributed by atoms with E-state index in [2.05, 4.69) is 37.5 Å². The first-order valence-corrected chi connectivity index (χ1v) is 7.43. The summed E-state index contributed by atoms with van der Waals surface area (Å²) >= 11 is 0. The molecule has 1 aromatic heterocycles. The zero-order valence-electron chi connectivity index (χ0n) is 13.3. The van der Waals surface area contributed by atoms with E-state index < -0.39 is 0 Å². The van der Waals surface area contributed by atoms with E-state index in [4.69, 9.17) is 15.5 Å². The van der Waals surface area contributed by atoms with Crippen LogP contribution in [0.2, 0.25) is 0 Å². The molecular weight excluding hydrogens is 262 g/mol. The smallest absolute Gasteiger partial charge is 0.127 e. The van der Waals surface area contributed by atoms with Gasteiger partial charge >= 0.3 is 0 Å². The van der Waals surface area contributed by atoms with Crippen LogP contribution in [0.15, 0.2) is 30.3 Å². The quantitative estimate of drug-likeness (QED) is 0.886. The number of rotatable bonds is 6. The second-order valence-electron chi connectivity index (χ2n) is 5.82. The van der Waals surface area contributed by atoms with Crippen molar-refractivity contribution in [3.8, 4) is 0 Å². The molecule has 0 aliphatic heterocycles. The molecule has 114 valence electrons. The van der Waals surface area contributed by atoms with Crippen LogP contribution in [-0.2, 0) is 11.3 Å². The average Bonchev–Trinajstić information content (AvgIpc) is 2.78. The summed E-state index contributed by atoms with van der Waals surface area (Å²) < 4.78 is 7.36. The Labute approximate surface area is 127 Å². The minimum Gasteiger partial charge on any atom is -0.384 e. The first-order valence-electron chi connectivity index (χ1n) is 7.43. The Morgan fingerprint density at radius 2 is 1.86 bits per heavy atom. The largest absolute Gasteiger partial charge is 0.384 e. The number of hydrogen-bond acceptors (Lipinski definition) is 3. The molecule has 2 aromatic rings. The fourth-order valence-corrected chi connectivity index (χ4v) is 2.57. The highest BCUT2D eigenvalue weighted by Crippen LogP contribution is 2.27. The Hall–Kier alpha value is -1.81. The number of hydrogen-bond donors (Lipinski definition) is 1. The van der Waals surface area contributed by atoms with Crippen LogP contribution in [0.1, 0.15) is 49.7 Å². The van der Waals surface area contributed by atoms with Crippen molar-refractivity contribution < 1.29 is 4.74 Å². The third kappa shape index (κ3) is 3.45. The summed E-state index contributed by atoms with van der Waals surface area (Å²) in [5, 5.41) is 0. The number of methoxy groups -OCH3 is 1. The lowest BCUT2D eigenvalue weighted by Gasteiger charge is -2.12. The van der Waals surface area contributed by atoms with Gasteiger partial charge in [-0.2, -0.15) is 0 Å². The van der Waals surface area contributed by atoms with Gasteiger partial charge in [0.2, 0.25) is 0 Å².